The molecule has 0 spiro atoms. The molecule has 0 radical (unpaired) electrons. The van der Waals surface area contributed by atoms with Crippen LogP contribution in [0.4, 0.5) is 0 Å². The Morgan fingerprint density at radius 3 is 2.74 bits per heavy atom. The zero-order valence-electron chi connectivity index (χ0n) is 11.9. The van der Waals surface area contributed by atoms with Crippen LogP contribution in [0.2, 0.25) is 0 Å². The van der Waals surface area contributed by atoms with E-state index in [1.807, 2.05) is 26.1 Å². The van der Waals surface area contributed by atoms with Gasteiger partial charge in [-0.2, -0.15) is 0 Å². The quantitative estimate of drug-likeness (QED) is 0.860. The first-order valence-corrected chi connectivity index (χ1v) is 7.17. The van der Waals surface area contributed by atoms with Gasteiger partial charge in [0, 0.05) is 12.0 Å². The summed E-state index contributed by atoms with van der Waals surface area (Å²) < 4.78 is 5.31. The van der Waals surface area contributed by atoms with Crippen LogP contribution in [0.1, 0.15) is 57.3 Å². The number of furan rings is 1. The van der Waals surface area contributed by atoms with Crippen LogP contribution in [-0.4, -0.2) is 18.5 Å². The maximum Gasteiger partial charge on any atom is 0.222 e. The molecule has 1 atom stereocenters. The molecule has 1 unspecified atom stereocenters. The zero-order valence-corrected chi connectivity index (χ0v) is 11.9. The maximum atomic E-state index is 12.2. The summed E-state index contributed by atoms with van der Waals surface area (Å²) >= 11 is 0. The van der Waals surface area contributed by atoms with Gasteiger partial charge >= 0.3 is 0 Å². The highest BCUT2D eigenvalue weighted by atomic mass is 16.3. The van der Waals surface area contributed by atoms with Gasteiger partial charge in [0.2, 0.25) is 5.91 Å². The molecule has 2 N–H and O–H groups in total. The summed E-state index contributed by atoms with van der Waals surface area (Å²) in [5.74, 6) is 0.899. The molecular weight excluding hydrogens is 240 g/mol. The lowest BCUT2D eigenvalue weighted by molar-refractivity contribution is -0.123. The molecule has 0 aromatic carbocycles. The van der Waals surface area contributed by atoms with E-state index in [0.29, 0.717) is 6.42 Å². The number of rotatable bonds is 5. The Balaban J connectivity index is 1.89. The molecule has 1 heterocycles. The van der Waals surface area contributed by atoms with Crippen molar-refractivity contribution in [2.75, 3.05) is 7.05 Å². The number of nitrogens with one attached hydrogen (secondary N) is 2. The van der Waals surface area contributed by atoms with Gasteiger partial charge in [0.05, 0.1) is 12.3 Å². The average molecular weight is 264 g/mol. The summed E-state index contributed by atoms with van der Waals surface area (Å²) in [7, 11) is 1.97. The Kier molecular flexibility index (Phi) is 4.64. The normalized spacial score (nSPS) is 19.9. The third-order valence-corrected chi connectivity index (χ3v) is 4.19. The SMILES string of the molecule is CNC1(CC(=O)NC(C)c2ccco2)CCCCC1. The summed E-state index contributed by atoms with van der Waals surface area (Å²) in [5, 5.41) is 6.39. The molecule has 1 saturated carbocycles. The van der Waals surface area contributed by atoms with Crippen LogP contribution < -0.4 is 10.6 Å². The number of hydrogen-bond acceptors (Lipinski definition) is 3. The second-order valence-electron chi connectivity index (χ2n) is 5.57. The van der Waals surface area contributed by atoms with Gasteiger partial charge in [-0.1, -0.05) is 19.3 Å². The minimum absolute atomic E-state index is 0.00871. The molecule has 0 aliphatic heterocycles. The van der Waals surface area contributed by atoms with E-state index in [4.69, 9.17) is 4.42 Å². The van der Waals surface area contributed by atoms with E-state index in [2.05, 4.69) is 10.6 Å². The van der Waals surface area contributed by atoms with Crippen molar-refractivity contribution in [1.82, 2.24) is 10.6 Å². The lowest BCUT2D eigenvalue weighted by Gasteiger charge is -2.36. The van der Waals surface area contributed by atoms with Crippen LogP contribution >= 0.6 is 0 Å². The van der Waals surface area contributed by atoms with E-state index in [1.165, 1.54) is 19.3 Å². The molecule has 1 fully saturated rings. The molecule has 1 aliphatic carbocycles. The molecule has 1 aromatic rings. The molecule has 4 heteroatoms. The summed E-state index contributed by atoms with van der Waals surface area (Å²) in [6.45, 7) is 1.95. The zero-order chi connectivity index (χ0) is 13.7. The Bertz CT molecular complexity index is 394. The number of amides is 1. The summed E-state index contributed by atoms with van der Waals surface area (Å²) in [6.07, 6.45) is 8.07. The first kappa shape index (κ1) is 14.1. The van der Waals surface area contributed by atoms with Crippen LogP contribution in [-0.2, 0) is 4.79 Å². The van der Waals surface area contributed by atoms with Gasteiger partial charge in [0.1, 0.15) is 5.76 Å². The smallest absolute Gasteiger partial charge is 0.222 e. The third-order valence-electron chi connectivity index (χ3n) is 4.19. The van der Waals surface area contributed by atoms with Gasteiger partial charge in [-0.3, -0.25) is 4.79 Å². The van der Waals surface area contributed by atoms with E-state index in [-0.39, 0.29) is 17.5 Å². The summed E-state index contributed by atoms with van der Waals surface area (Å²) in [4.78, 5) is 12.2. The molecule has 4 nitrogen and oxygen atoms in total. The molecule has 0 bridgehead atoms. The number of carbonyl (C=O) groups excluding carboxylic acids is 1. The Labute approximate surface area is 114 Å². The predicted molar refractivity (Wildman–Crippen MR) is 74.8 cm³/mol. The second-order valence-corrected chi connectivity index (χ2v) is 5.57. The van der Waals surface area contributed by atoms with Gasteiger partial charge < -0.3 is 15.1 Å². The fraction of sp³-hybridized carbons (Fsp3) is 0.667. The number of carbonyl (C=O) groups is 1. The predicted octanol–water partition coefficient (Wildman–Crippen LogP) is 2.77. The first-order chi connectivity index (χ1) is 9.15. The standard InChI is InChI=1S/C15H24N2O2/c1-12(13-7-6-10-19-13)17-14(18)11-15(16-2)8-4-3-5-9-15/h6-7,10,12,16H,3-5,8-9,11H2,1-2H3,(H,17,18). The van der Waals surface area contributed by atoms with Crippen molar-refractivity contribution in [1.29, 1.82) is 0 Å². The van der Waals surface area contributed by atoms with Gasteiger partial charge in [0.15, 0.2) is 0 Å². The van der Waals surface area contributed by atoms with Crippen molar-refractivity contribution in [2.24, 2.45) is 0 Å². The van der Waals surface area contributed by atoms with E-state index in [0.717, 1.165) is 18.6 Å². The Morgan fingerprint density at radius 1 is 1.42 bits per heavy atom. The minimum Gasteiger partial charge on any atom is -0.467 e. The van der Waals surface area contributed by atoms with Crippen molar-refractivity contribution in [3.8, 4) is 0 Å². The van der Waals surface area contributed by atoms with Crippen molar-refractivity contribution < 1.29 is 9.21 Å². The highest BCUT2D eigenvalue weighted by Gasteiger charge is 2.32. The van der Waals surface area contributed by atoms with Crippen molar-refractivity contribution in [3.63, 3.8) is 0 Å². The van der Waals surface area contributed by atoms with Crippen molar-refractivity contribution in [2.45, 2.75) is 57.0 Å². The van der Waals surface area contributed by atoms with E-state index < -0.39 is 0 Å². The summed E-state index contributed by atoms with van der Waals surface area (Å²) in [6, 6.07) is 3.66. The van der Waals surface area contributed by atoms with E-state index >= 15 is 0 Å². The largest absolute Gasteiger partial charge is 0.467 e. The topological polar surface area (TPSA) is 54.3 Å². The summed E-state index contributed by atoms with van der Waals surface area (Å²) in [5.41, 5.74) is -0.00871. The Morgan fingerprint density at radius 2 is 2.16 bits per heavy atom. The Hall–Kier alpha value is -1.29. The van der Waals surface area contributed by atoms with Gasteiger partial charge in [0.25, 0.3) is 0 Å². The maximum absolute atomic E-state index is 12.2. The fourth-order valence-electron chi connectivity index (χ4n) is 2.95. The van der Waals surface area contributed by atoms with Crippen molar-refractivity contribution in [3.05, 3.63) is 24.2 Å². The molecule has 1 aliphatic rings. The minimum atomic E-state index is -0.0694. The van der Waals surface area contributed by atoms with Gasteiger partial charge in [-0.15, -0.1) is 0 Å². The fourth-order valence-corrected chi connectivity index (χ4v) is 2.95. The lowest BCUT2D eigenvalue weighted by Crippen LogP contribution is -2.48. The second kappa shape index (κ2) is 6.24. The molecule has 19 heavy (non-hydrogen) atoms. The van der Waals surface area contributed by atoms with Crippen molar-refractivity contribution >= 4 is 5.91 Å². The number of hydrogen-bond donors (Lipinski definition) is 2. The van der Waals surface area contributed by atoms with Gasteiger partial charge in [-0.25, -0.2) is 0 Å². The molecule has 0 saturated heterocycles. The molecule has 2 rings (SSSR count). The van der Waals surface area contributed by atoms with E-state index in [9.17, 15) is 4.79 Å². The highest BCUT2D eigenvalue weighted by Crippen LogP contribution is 2.30. The molecular formula is C15H24N2O2. The van der Waals surface area contributed by atoms with Crippen LogP contribution in [0.5, 0.6) is 0 Å². The molecule has 1 aromatic heterocycles. The van der Waals surface area contributed by atoms with Crippen LogP contribution in [0.3, 0.4) is 0 Å². The van der Waals surface area contributed by atoms with Crippen LogP contribution in [0.15, 0.2) is 22.8 Å². The first-order valence-electron chi connectivity index (χ1n) is 7.17. The van der Waals surface area contributed by atoms with Crippen LogP contribution in [0.25, 0.3) is 0 Å². The average Bonchev–Trinajstić information content (AvgIpc) is 2.93. The van der Waals surface area contributed by atoms with Gasteiger partial charge in [-0.05, 0) is 38.9 Å². The van der Waals surface area contributed by atoms with Crippen LogP contribution in [0, 0.1) is 0 Å². The monoisotopic (exact) mass is 264 g/mol. The lowest BCUT2D eigenvalue weighted by atomic mass is 9.79. The highest BCUT2D eigenvalue weighted by molar-refractivity contribution is 5.77. The molecule has 1 amide bonds. The van der Waals surface area contributed by atoms with E-state index in [1.54, 1.807) is 6.26 Å². The molecule has 106 valence electrons. The third kappa shape index (κ3) is 3.60.